The highest BCUT2D eigenvalue weighted by Gasteiger charge is 2.74. The molecule has 0 aromatic heterocycles. The molecule has 0 N–H and O–H groups in total. The molecule has 6 atom stereocenters. The van der Waals surface area contributed by atoms with Crippen molar-refractivity contribution in [2.45, 2.75) is 50.7 Å². The van der Waals surface area contributed by atoms with Gasteiger partial charge in [-0.15, -0.1) is 0 Å². The van der Waals surface area contributed by atoms with Gasteiger partial charge in [0.2, 0.25) is 0 Å². The Labute approximate surface area is 102 Å². The Balaban J connectivity index is 1.54. The van der Waals surface area contributed by atoms with Gasteiger partial charge in [-0.2, -0.15) is 0 Å². The van der Waals surface area contributed by atoms with Crippen LogP contribution in [-0.2, 0) is 14.3 Å². The van der Waals surface area contributed by atoms with Crippen LogP contribution in [0.1, 0.15) is 39.0 Å². The fourth-order valence-corrected chi connectivity index (χ4v) is 5.22. The average molecular weight is 236 g/mol. The van der Waals surface area contributed by atoms with Crippen molar-refractivity contribution >= 4 is 5.97 Å². The molecule has 4 rings (SSSR count). The first-order valence-electron chi connectivity index (χ1n) is 7.10. The number of epoxide rings is 1. The molecule has 2 bridgehead atoms. The van der Waals surface area contributed by atoms with Gasteiger partial charge < -0.3 is 9.47 Å². The lowest BCUT2D eigenvalue weighted by Gasteiger charge is -2.29. The first-order valence-corrected chi connectivity index (χ1v) is 7.10. The third-order valence-corrected chi connectivity index (χ3v) is 5.74. The second-order valence-electron chi connectivity index (χ2n) is 6.27. The molecule has 3 heteroatoms. The number of carbonyl (C=O) groups is 1. The van der Waals surface area contributed by atoms with Gasteiger partial charge in [-0.1, -0.05) is 6.42 Å². The van der Waals surface area contributed by atoms with Crippen molar-refractivity contribution in [2.24, 2.45) is 23.7 Å². The van der Waals surface area contributed by atoms with Crippen LogP contribution >= 0.6 is 0 Å². The third-order valence-electron chi connectivity index (χ3n) is 5.74. The van der Waals surface area contributed by atoms with Crippen LogP contribution in [0.3, 0.4) is 0 Å². The highest BCUT2D eigenvalue weighted by Crippen LogP contribution is 2.69. The number of esters is 1. The quantitative estimate of drug-likeness (QED) is 0.544. The predicted octanol–water partition coefficient (Wildman–Crippen LogP) is 2.14. The van der Waals surface area contributed by atoms with Crippen molar-refractivity contribution < 1.29 is 14.3 Å². The average Bonchev–Trinajstić information content (AvgIpc) is 2.69. The molecule has 3 aliphatic carbocycles. The van der Waals surface area contributed by atoms with Gasteiger partial charge in [-0.05, 0) is 56.3 Å². The van der Waals surface area contributed by atoms with Gasteiger partial charge in [0.1, 0.15) is 5.60 Å². The lowest BCUT2D eigenvalue weighted by molar-refractivity contribution is -0.144. The summed E-state index contributed by atoms with van der Waals surface area (Å²) in [4.78, 5) is 11.8. The van der Waals surface area contributed by atoms with Crippen molar-refractivity contribution in [2.75, 3.05) is 6.61 Å². The topological polar surface area (TPSA) is 38.8 Å². The maximum atomic E-state index is 11.8. The first kappa shape index (κ1) is 10.4. The van der Waals surface area contributed by atoms with Crippen LogP contribution in [0.25, 0.3) is 0 Å². The van der Waals surface area contributed by atoms with Gasteiger partial charge in [0, 0.05) is 0 Å². The number of hydrogen-bond donors (Lipinski definition) is 0. The Morgan fingerprint density at radius 3 is 3.06 bits per heavy atom. The van der Waals surface area contributed by atoms with Crippen LogP contribution in [0.15, 0.2) is 0 Å². The van der Waals surface area contributed by atoms with Gasteiger partial charge in [0.25, 0.3) is 0 Å². The Morgan fingerprint density at radius 1 is 1.41 bits per heavy atom. The first-order chi connectivity index (χ1) is 8.26. The zero-order valence-corrected chi connectivity index (χ0v) is 10.4. The highest BCUT2D eigenvalue weighted by atomic mass is 16.7. The van der Waals surface area contributed by atoms with E-state index in [1.54, 1.807) is 0 Å². The number of fused-ring (bicyclic) bond motifs is 6. The van der Waals surface area contributed by atoms with Crippen LogP contribution in [0.4, 0.5) is 0 Å². The maximum Gasteiger partial charge on any atom is 0.338 e. The number of carbonyl (C=O) groups excluding carboxylic acids is 1. The van der Waals surface area contributed by atoms with E-state index in [9.17, 15) is 4.79 Å². The summed E-state index contributed by atoms with van der Waals surface area (Å²) in [6, 6.07) is 0. The summed E-state index contributed by atoms with van der Waals surface area (Å²) in [6.07, 6.45) is 6.40. The molecule has 94 valence electrons. The van der Waals surface area contributed by atoms with Crippen LogP contribution < -0.4 is 0 Å². The molecule has 0 aromatic carbocycles. The molecular weight excluding hydrogens is 216 g/mol. The van der Waals surface area contributed by atoms with E-state index in [-0.39, 0.29) is 17.7 Å². The third kappa shape index (κ3) is 1.19. The molecule has 0 radical (unpaired) electrons. The molecular formula is C14H20O3. The van der Waals surface area contributed by atoms with Crippen molar-refractivity contribution in [3.8, 4) is 0 Å². The SMILES string of the molecule is CCOC(=O)[C@@H]1O[C@@]12C[C@@H]1C[C@@H]2[C@H]2CCC[C@H]12. The van der Waals surface area contributed by atoms with Gasteiger partial charge >= 0.3 is 5.97 Å². The van der Waals surface area contributed by atoms with Crippen LogP contribution in [0, 0.1) is 23.7 Å². The predicted molar refractivity (Wildman–Crippen MR) is 61.3 cm³/mol. The van der Waals surface area contributed by atoms with E-state index in [1.165, 1.54) is 25.7 Å². The van der Waals surface area contributed by atoms with Gasteiger partial charge in [-0.25, -0.2) is 4.79 Å². The van der Waals surface area contributed by atoms with E-state index < -0.39 is 0 Å². The van der Waals surface area contributed by atoms with E-state index in [0.717, 1.165) is 24.2 Å². The highest BCUT2D eigenvalue weighted by molar-refractivity contribution is 5.79. The molecule has 4 aliphatic rings. The number of rotatable bonds is 2. The molecule has 1 saturated heterocycles. The molecule has 0 aromatic rings. The van der Waals surface area contributed by atoms with E-state index in [1.807, 2.05) is 6.92 Å². The molecule has 3 saturated carbocycles. The van der Waals surface area contributed by atoms with Gasteiger partial charge in [0.15, 0.2) is 6.10 Å². The molecule has 17 heavy (non-hydrogen) atoms. The van der Waals surface area contributed by atoms with Crippen molar-refractivity contribution in [3.05, 3.63) is 0 Å². The molecule has 4 fully saturated rings. The summed E-state index contributed by atoms with van der Waals surface area (Å²) in [7, 11) is 0. The smallest absolute Gasteiger partial charge is 0.338 e. The van der Waals surface area contributed by atoms with Crippen molar-refractivity contribution in [1.29, 1.82) is 0 Å². The van der Waals surface area contributed by atoms with Crippen LogP contribution in [0.2, 0.25) is 0 Å². The Morgan fingerprint density at radius 2 is 2.24 bits per heavy atom. The van der Waals surface area contributed by atoms with E-state index in [2.05, 4.69) is 0 Å². The summed E-state index contributed by atoms with van der Waals surface area (Å²) in [5.74, 6) is 3.20. The van der Waals surface area contributed by atoms with Crippen LogP contribution in [0.5, 0.6) is 0 Å². The summed E-state index contributed by atoms with van der Waals surface area (Å²) >= 11 is 0. The molecule has 1 heterocycles. The monoisotopic (exact) mass is 236 g/mol. The van der Waals surface area contributed by atoms with E-state index in [0.29, 0.717) is 12.5 Å². The number of hydrogen-bond acceptors (Lipinski definition) is 3. The summed E-state index contributed by atoms with van der Waals surface area (Å²) in [5.41, 5.74) is -0.0809. The zero-order valence-electron chi connectivity index (χ0n) is 10.4. The fraction of sp³-hybridized carbons (Fsp3) is 0.929. The molecule has 1 aliphatic heterocycles. The maximum absolute atomic E-state index is 11.8. The molecule has 0 amide bonds. The van der Waals surface area contributed by atoms with Crippen LogP contribution in [-0.4, -0.2) is 24.3 Å². The fourth-order valence-electron chi connectivity index (χ4n) is 5.22. The summed E-state index contributed by atoms with van der Waals surface area (Å²) < 4.78 is 11.0. The van der Waals surface area contributed by atoms with Crippen molar-refractivity contribution in [3.63, 3.8) is 0 Å². The zero-order chi connectivity index (χ0) is 11.6. The summed E-state index contributed by atoms with van der Waals surface area (Å²) in [6.45, 7) is 2.33. The minimum absolute atomic E-state index is 0.0809. The second kappa shape index (κ2) is 3.25. The lowest BCUT2D eigenvalue weighted by atomic mass is 9.74. The molecule has 1 spiro atoms. The Hall–Kier alpha value is -0.570. The van der Waals surface area contributed by atoms with E-state index in [4.69, 9.17) is 9.47 Å². The molecule has 0 unspecified atom stereocenters. The Kier molecular flexibility index (Phi) is 1.98. The van der Waals surface area contributed by atoms with Crippen molar-refractivity contribution in [1.82, 2.24) is 0 Å². The number of ether oxygens (including phenoxy) is 2. The second-order valence-corrected chi connectivity index (χ2v) is 6.27. The minimum Gasteiger partial charge on any atom is -0.464 e. The normalized spacial score (nSPS) is 54.1. The van der Waals surface area contributed by atoms with Gasteiger partial charge in [0.05, 0.1) is 6.61 Å². The van der Waals surface area contributed by atoms with E-state index >= 15 is 0 Å². The molecule has 3 nitrogen and oxygen atoms in total. The minimum atomic E-state index is -0.223. The summed E-state index contributed by atoms with van der Waals surface area (Å²) in [5, 5.41) is 0. The van der Waals surface area contributed by atoms with Gasteiger partial charge in [-0.3, -0.25) is 0 Å². The lowest BCUT2D eigenvalue weighted by Crippen LogP contribution is -2.35. The Bertz CT molecular complexity index is 366. The standard InChI is InChI=1S/C14H20O3/c1-2-16-13(15)12-14(17-12)7-8-6-11(14)10-5-3-4-9(8)10/h8-12H,2-7H2,1H3/t8-,9+,10-,11+,12-,14+/m0/s1. The largest absolute Gasteiger partial charge is 0.464 e.